The molecule has 0 unspecified atom stereocenters. The molecule has 1 aromatic carbocycles. The van der Waals surface area contributed by atoms with E-state index in [1.165, 1.54) is 6.07 Å². The van der Waals surface area contributed by atoms with Crippen molar-refractivity contribution in [2.75, 3.05) is 27.2 Å². The van der Waals surface area contributed by atoms with Crippen LogP contribution in [-0.4, -0.2) is 53.2 Å². The Labute approximate surface area is 129 Å². The highest BCUT2D eigenvalue weighted by Crippen LogP contribution is 2.18. The minimum Gasteiger partial charge on any atom is -0.490 e. The first-order valence-electron chi connectivity index (χ1n) is 6.99. The molecule has 0 atom stereocenters. The summed E-state index contributed by atoms with van der Waals surface area (Å²) in [5, 5.41) is 9.00. The lowest BCUT2D eigenvalue weighted by atomic mass is 10.1. The molecule has 0 fully saturated rings. The molecule has 1 N–H and O–H groups in total. The number of rotatable bonds is 7. The maximum absolute atomic E-state index is 11.0. The number of aromatic nitrogens is 2. The van der Waals surface area contributed by atoms with Crippen LogP contribution in [0.15, 0.2) is 36.7 Å². The number of hydrogen-bond donors (Lipinski definition) is 1. The fourth-order valence-corrected chi connectivity index (χ4v) is 1.90. The second-order valence-corrected chi connectivity index (χ2v) is 5.13. The molecule has 6 heteroatoms. The first-order chi connectivity index (χ1) is 10.6. The van der Waals surface area contributed by atoms with Gasteiger partial charge in [-0.05, 0) is 32.6 Å². The van der Waals surface area contributed by atoms with Gasteiger partial charge in [0.2, 0.25) is 0 Å². The zero-order valence-corrected chi connectivity index (χ0v) is 12.7. The van der Waals surface area contributed by atoms with E-state index in [9.17, 15) is 4.79 Å². The van der Waals surface area contributed by atoms with Crippen LogP contribution in [-0.2, 0) is 0 Å². The molecule has 0 bridgehead atoms. The minimum absolute atomic E-state index is 0.213. The molecule has 2 aromatic rings. The molecule has 0 aliphatic rings. The number of benzene rings is 1. The zero-order chi connectivity index (χ0) is 15.9. The lowest BCUT2D eigenvalue weighted by Crippen LogP contribution is -2.15. The Morgan fingerprint density at radius 1 is 1.27 bits per heavy atom. The summed E-state index contributed by atoms with van der Waals surface area (Å²) in [4.78, 5) is 21.5. The molecule has 0 radical (unpaired) electrons. The molecule has 0 aliphatic carbocycles. The van der Waals surface area contributed by atoms with E-state index < -0.39 is 5.97 Å². The minimum atomic E-state index is -0.970. The van der Waals surface area contributed by atoms with Crippen LogP contribution in [0.3, 0.4) is 0 Å². The Hall–Kier alpha value is -2.47. The summed E-state index contributed by atoms with van der Waals surface area (Å²) in [6.07, 6.45) is 4.13. The van der Waals surface area contributed by atoms with Gasteiger partial charge >= 0.3 is 5.97 Å². The second kappa shape index (κ2) is 7.51. The summed E-state index contributed by atoms with van der Waals surface area (Å²) in [7, 11) is 4.03. The maximum atomic E-state index is 11.0. The van der Waals surface area contributed by atoms with E-state index in [1.54, 1.807) is 30.6 Å². The lowest BCUT2D eigenvalue weighted by molar-refractivity contribution is 0.0697. The Morgan fingerprint density at radius 2 is 2.00 bits per heavy atom. The summed E-state index contributed by atoms with van der Waals surface area (Å²) in [6, 6.07) is 6.54. The third-order valence-corrected chi connectivity index (χ3v) is 3.01. The van der Waals surface area contributed by atoms with Gasteiger partial charge in [-0.2, -0.15) is 0 Å². The van der Waals surface area contributed by atoms with Crippen LogP contribution in [0.1, 0.15) is 16.8 Å². The van der Waals surface area contributed by atoms with Gasteiger partial charge < -0.3 is 14.7 Å². The molecule has 0 spiro atoms. The predicted octanol–water partition coefficient (Wildman–Crippen LogP) is 2.17. The van der Waals surface area contributed by atoms with Gasteiger partial charge in [-0.15, -0.1) is 0 Å². The molecule has 0 aliphatic heterocycles. The van der Waals surface area contributed by atoms with E-state index in [0.717, 1.165) is 13.0 Å². The number of carboxylic acid groups (broad SMARTS) is 1. The summed E-state index contributed by atoms with van der Waals surface area (Å²) in [5.41, 5.74) is 0.879. The van der Waals surface area contributed by atoms with Crippen molar-refractivity contribution in [3.05, 3.63) is 42.2 Å². The number of carboxylic acids is 1. The summed E-state index contributed by atoms with van der Waals surface area (Å²) in [5.74, 6) is 0.114. The number of hydrogen-bond acceptors (Lipinski definition) is 5. The van der Waals surface area contributed by atoms with Crippen LogP contribution in [0.25, 0.3) is 11.4 Å². The molecular formula is C16H19N3O3. The molecule has 1 heterocycles. The fraction of sp³-hybridized carbons (Fsp3) is 0.312. The van der Waals surface area contributed by atoms with E-state index >= 15 is 0 Å². The number of ether oxygens (including phenoxy) is 1. The Bertz CT molecular complexity index is 627. The third-order valence-electron chi connectivity index (χ3n) is 3.01. The van der Waals surface area contributed by atoms with Crippen LogP contribution in [0, 0.1) is 0 Å². The zero-order valence-electron chi connectivity index (χ0n) is 12.7. The van der Waals surface area contributed by atoms with Crippen molar-refractivity contribution in [1.82, 2.24) is 14.9 Å². The topological polar surface area (TPSA) is 75.5 Å². The van der Waals surface area contributed by atoms with Crippen LogP contribution in [0.4, 0.5) is 0 Å². The van der Waals surface area contributed by atoms with E-state index in [1.807, 2.05) is 14.1 Å². The van der Waals surface area contributed by atoms with Crippen molar-refractivity contribution < 1.29 is 14.6 Å². The average molecular weight is 301 g/mol. The summed E-state index contributed by atoms with van der Waals surface area (Å²) >= 11 is 0. The number of aromatic carboxylic acids is 1. The first-order valence-corrected chi connectivity index (χ1v) is 6.99. The maximum Gasteiger partial charge on any atom is 0.335 e. The molecule has 0 amide bonds. The highest BCUT2D eigenvalue weighted by atomic mass is 16.5. The smallest absolute Gasteiger partial charge is 0.335 e. The van der Waals surface area contributed by atoms with Gasteiger partial charge in [0.05, 0.1) is 24.6 Å². The molecular weight excluding hydrogens is 282 g/mol. The highest BCUT2D eigenvalue weighted by molar-refractivity contribution is 5.89. The quantitative estimate of drug-likeness (QED) is 0.790. The first kappa shape index (κ1) is 15.9. The van der Waals surface area contributed by atoms with E-state index in [2.05, 4.69) is 14.9 Å². The molecule has 0 saturated carbocycles. The fourth-order valence-electron chi connectivity index (χ4n) is 1.90. The van der Waals surface area contributed by atoms with Crippen molar-refractivity contribution in [1.29, 1.82) is 0 Å². The third kappa shape index (κ3) is 4.53. The van der Waals surface area contributed by atoms with Crippen molar-refractivity contribution in [2.24, 2.45) is 0 Å². The number of carbonyl (C=O) groups is 1. The van der Waals surface area contributed by atoms with Gasteiger partial charge in [-0.25, -0.2) is 14.8 Å². The summed E-state index contributed by atoms with van der Waals surface area (Å²) < 4.78 is 5.56. The van der Waals surface area contributed by atoms with Crippen LogP contribution >= 0.6 is 0 Å². The van der Waals surface area contributed by atoms with Gasteiger partial charge in [0.25, 0.3) is 0 Å². The summed E-state index contributed by atoms with van der Waals surface area (Å²) in [6.45, 7) is 1.57. The van der Waals surface area contributed by atoms with Gasteiger partial charge in [0, 0.05) is 12.1 Å². The Balaban J connectivity index is 1.99. The normalized spacial score (nSPS) is 10.7. The van der Waals surface area contributed by atoms with Gasteiger partial charge in [-0.1, -0.05) is 12.1 Å². The van der Waals surface area contributed by atoms with Crippen molar-refractivity contribution in [3.63, 3.8) is 0 Å². The molecule has 2 rings (SSSR count). The average Bonchev–Trinajstić information content (AvgIpc) is 2.52. The number of nitrogens with zero attached hydrogens (tertiary/aromatic N) is 3. The second-order valence-electron chi connectivity index (χ2n) is 5.13. The standard InChI is InChI=1S/C16H19N3O3/c1-19(2)7-4-8-22-14-10-17-15(18-11-14)12-5-3-6-13(9-12)16(20)21/h3,5-6,9-11H,4,7-8H2,1-2H3,(H,20,21). The Morgan fingerprint density at radius 3 is 2.64 bits per heavy atom. The van der Waals surface area contributed by atoms with Crippen molar-refractivity contribution in [2.45, 2.75) is 6.42 Å². The van der Waals surface area contributed by atoms with Crippen molar-refractivity contribution >= 4 is 5.97 Å². The van der Waals surface area contributed by atoms with Crippen molar-refractivity contribution in [3.8, 4) is 17.1 Å². The largest absolute Gasteiger partial charge is 0.490 e. The Kier molecular flexibility index (Phi) is 5.43. The van der Waals surface area contributed by atoms with E-state index in [4.69, 9.17) is 9.84 Å². The lowest BCUT2D eigenvalue weighted by Gasteiger charge is -2.10. The SMILES string of the molecule is CN(C)CCCOc1cnc(-c2cccc(C(=O)O)c2)nc1. The van der Waals surface area contributed by atoms with E-state index in [0.29, 0.717) is 23.7 Å². The molecule has 0 saturated heterocycles. The van der Waals surface area contributed by atoms with Gasteiger partial charge in [0.1, 0.15) is 0 Å². The predicted molar refractivity (Wildman–Crippen MR) is 83.1 cm³/mol. The monoisotopic (exact) mass is 301 g/mol. The van der Waals surface area contributed by atoms with Crippen LogP contribution in [0.2, 0.25) is 0 Å². The molecule has 1 aromatic heterocycles. The van der Waals surface area contributed by atoms with Crippen LogP contribution < -0.4 is 4.74 Å². The van der Waals surface area contributed by atoms with E-state index in [-0.39, 0.29) is 5.56 Å². The van der Waals surface area contributed by atoms with Gasteiger partial charge in [-0.3, -0.25) is 0 Å². The van der Waals surface area contributed by atoms with Crippen LogP contribution in [0.5, 0.6) is 5.75 Å². The molecule has 116 valence electrons. The van der Waals surface area contributed by atoms with Gasteiger partial charge in [0.15, 0.2) is 11.6 Å². The highest BCUT2D eigenvalue weighted by Gasteiger charge is 2.07. The molecule has 22 heavy (non-hydrogen) atoms. The molecule has 6 nitrogen and oxygen atoms in total.